The summed E-state index contributed by atoms with van der Waals surface area (Å²) in [5, 5.41) is 2.84. The number of thiophene rings is 1. The molecule has 0 saturated carbocycles. The highest BCUT2D eigenvalue weighted by atomic mass is 32.1. The number of ether oxygens (including phenoxy) is 2. The molecule has 1 aromatic heterocycles. The molecule has 26 heavy (non-hydrogen) atoms. The number of carbonyl (C=O) groups excluding carboxylic acids is 2. The second-order valence-corrected chi connectivity index (χ2v) is 7.38. The molecule has 2 aromatic rings. The number of rotatable bonds is 4. The lowest BCUT2D eigenvalue weighted by atomic mass is 10.1. The highest BCUT2D eigenvalue weighted by Gasteiger charge is 2.19. The van der Waals surface area contributed by atoms with E-state index in [0.29, 0.717) is 29.3 Å². The van der Waals surface area contributed by atoms with Gasteiger partial charge in [-0.05, 0) is 43.7 Å². The first-order valence-corrected chi connectivity index (χ1v) is 9.24. The number of hydrogen-bond donors (Lipinski definition) is 1. The minimum absolute atomic E-state index is 0.226. The van der Waals surface area contributed by atoms with E-state index in [0.717, 1.165) is 29.2 Å². The van der Waals surface area contributed by atoms with Gasteiger partial charge in [-0.2, -0.15) is 0 Å². The SMILES string of the molecule is COC(=O)c1cc(N2CCOCC2)ccc1NC(=O)c1cc(C)c(C)s1. The fourth-order valence-electron chi connectivity index (χ4n) is 2.81. The first-order chi connectivity index (χ1) is 12.5. The summed E-state index contributed by atoms with van der Waals surface area (Å²) < 4.78 is 10.3. The van der Waals surface area contributed by atoms with E-state index < -0.39 is 5.97 Å². The standard InChI is InChI=1S/C19H22N2O4S/c1-12-10-17(26-13(12)2)18(22)20-16-5-4-14(11-15(16)19(23)24-3)21-6-8-25-9-7-21/h4-5,10-11H,6-9H2,1-3H3,(H,20,22). The Labute approximate surface area is 156 Å². The third-order valence-corrected chi connectivity index (χ3v) is 5.57. The van der Waals surface area contributed by atoms with Gasteiger partial charge in [0.2, 0.25) is 0 Å². The van der Waals surface area contributed by atoms with Gasteiger partial charge in [0.1, 0.15) is 0 Å². The Balaban J connectivity index is 1.87. The highest BCUT2D eigenvalue weighted by molar-refractivity contribution is 7.14. The molecule has 0 atom stereocenters. The van der Waals surface area contributed by atoms with E-state index in [-0.39, 0.29) is 5.91 Å². The quantitative estimate of drug-likeness (QED) is 0.832. The van der Waals surface area contributed by atoms with Crippen LogP contribution in [-0.2, 0) is 9.47 Å². The molecule has 1 aliphatic heterocycles. The molecule has 0 aliphatic carbocycles. The smallest absolute Gasteiger partial charge is 0.340 e. The molecule has 0 radical (unpaired) electrons. The molecule has 6 nitrogen and oxygen atoms in total. The van der Waals surface area contributed by atoms with Crippen LogP contribution in [0.5, 0.6) is 0 Å². The van der Waals surface area contributed by atoms with Gasteiger partial charge in [-0.3, -0.25) is 4.79 Å². The fraction of sp³-hybridized carbons (Fsp3) is 0.368. The van der Waals surface area contributed by atoms with Crippen molar-refractivity contribution in [2.75, 3.05) is 43.6 Å². The van der Waals surface area contributed by atoms with E-state index in [1.54, 1.807) is 12.1 Å². The Morgan fingerprint density at radius 3 is 2.54 bits per heavy atom. The van der Waals surface area contributed by atoms with Crippen molar-refractivity contribution in [2.24, 2.45) is 0 Å². The molecule has 0 spiro atoms. The second kappa shape index (κ2) is 7.88. The Bertz CT molecular complexity index is 805. The molecule has 1 aliphatic rings. The summed E-state index contributed by atoms with van der Waals surface area (Å²) in [5.74, 6) is -0.704. The molecule has 138 valence electrons. The molecule has 0 unspecified atom stereocenters. The van der Waals surface area contributed by atoms with Gasteiger partial charge in [-0.1, -0.05) is 0 Å². The lowest BCUT2D eigenvalue weighted by molar-refractivity contribution is 0.0602. The average Bonchev–Trinajstić information content (AvgIpc) is 3.01. The molecular weight excluding hydrogens is 352 g/mol. The summed E-state index contributed by atoms with van der Waals surface area (Å²) >= 11 is 1.44. The van der Waals surface area contributed by atoms with Crippen LogP contribution in [0.3, 0.4) is 0 Å². The van der Waals surface area contributed by atoms with Crippen LogP contribution in [0.15, 0.2) is 24.3 Å². The van der Waals surface area contributed by atoms with E-state index in [2.05, 4.69) is 10.2 Å². The van der Waals surface area contributed by atoms with Crippen LogP contribution in [0.25, 0.3) is 0 Å². The fourth-order valence-corrected chi connectivity index (χ4v) is 3.74. The summed E-state index contributed by atoms with van der Waals surface area (Å²) in [4.78, 5) is 28.6. The molecule has 2 heterocycles. The van der Waals surface area contributed by atoms with Crippen LogP contribution in [0.2, 0.25) is 0 Å². The first-order valence-electron chi connectivity index (χ1n) is 8.43. The monoisotopic (exact) mass is 374 g/mol. The van der Waals surface area contributed by atoms with Crippen molar-refractivity contribution in [1.82, 2.24) is 0 Å². The largest absolute Gasteiger partial charge is 0.465 e. The zero-order valence-electron chi connectivity index (χ0n) is 15.1. The van der Waals surface area contributed by atoms with Gasteiger partial charge < -0.3 is 19.7 Å². The molecule has 3 rings (SSSR count). The van der Waals surface area contributed by atoms with Gasteiger partial charge in [0.05, 0.1) is 36.5 Å². The van der Waals surface area contributed by atoms with Crippen LogP contribution in [0.1, 0.15) is 30.5 Å². The maximum atomic E-state index is 12.5. The normalized spacial score (nSPS) is 14.2. The van der Waals surface area contributed by atoms with Gasteiger partial charge in [0.25, 0.3) is 5.91 Å². The third kappa shape index (κ3) is 3.89. The number of methoxy groups -OCH3 is 1. The minimum atomic E-state index is -0.478. The number of amides is 1. The van der Waals surface area contributed by atoms with Gasteiger partial charge in [0, 0.05) is 23.7 Å². The number of anilines is 2. The predicted octanol–water partition coefficient (Wildman–Crippen LogP) is 3.24. The van der Waals surface area contributed by atoms with Crippen LogP contribution < -0.4 is 10.2 Å². The number of nitrogens with one attached hydrogen (secondary N) is 1. The summed E-state index contributed by atoms with van der Waals surface area (Å²) in [6.45, 7) is 6.79. The Morgan fingerprint density at radius 2 is 1.92 bits per heavy atom. The number of benzene rings is 1. The van der Waals surface area contributed by atoms with Crippen molar-refractivity contribution in [2.45, 2.75) is 13.8 Å². The lowest BCUT2D eigenvalue weighted by Gasteiger charge is -2.29. The molecule has 1 fully saturated rings. The second-order valence-electron chi connectivity index (χ2n) is 6.12. The van der Waals surface area contributed by atoms with Gasteiger partial charge in [-0.25, -0.2) is 4.79 Å². The van der Waals surface area contributed by atoms with Gasteiger partial charge in [0.15, 0.2) is 0 Å². The van der Waals surface area contributed by atoms with Crippen molar-refractivity contribution in [3.05, 3.63) is 45.1 Å². The number of morpholine rings is 1. The number of carbonyl (C=O) groups is 2. The minimum Gasteiger partial charge on any atom is -0.465 e. The maximum absolute atomic E-state index is 12.5. The highest BCUT2D eigenvalue weighted by Crippen LogP contribution is 2.27. The van der Waals surface area contributed by atoms with Crippen molar-refractivity contribution in [1.29, 1.82) is 0 Å². The van der Waals surface area contributed by atoms with Crippen molar-refractivity contribution in [3.63, 3.8) is 0 Å². The van der Waals surface area contributed by atoms with E-state index in [4.69, 9.17) is 9.47 Å². The molecule has 1 saturated heterocycles. The topological polar surface area (TPSA) is 67.9 Å². The number of hydrogen-bond acceptors (Lipinski definition) is 6. The molecule has 1 amide bonds. The molecule has 1 aromatic carbocycles. The Hall–Kier alpha value is -2.38. The van der Waals surface area contributed by atoms with E-state index in [1.165, 1.54) is 18.4 Å². The van der Waals surface area contributed by atoms with Crippen LogP contribution in [0.4, 0.5) is 11.4 Å². The van der Waals surface area contributed by atoms with Crippen molar-refractivity contribution >= 4 is 34.6 Å². The molecular formula is C19H22N2O4S. The molecule has 0 bridgehead atoms. The summed E-state index contributed by atoms with van der Waals surface area (Å²) in [6, 6.07) is 7.27. The van der Waals surface area contributed by atoms with Crippen LogP contribution >= 0.6 is 11.3 Å². The predicted molar refractivity (Wildman–Crippen MR) is 103 cm³/mol. The summed E-state index contributed by atoms with van der Waals surface area (Å²) in [7, 11) is 1.33. The number of nitrogens with zero attached hydrogens (tertiary/aromatic N) is 1. The first kappa shape index (κ1) is 18.4. The van der Waals surface area contributed by atoms with Crippen molar-refractivity contribution < 1.29 is 19.1 Å². The average molecular weight is 374 g/mol. The zero-order valence-corrected chi connectivity index (χ0v) is 15.9. The summed E-state index contributed by atoms with van der Waals surface area (Å²) in [5.41, 5.74) is 2.78. The van der Waals surface area contributed by atoms with Crippen LogP contribution in [-0.4, -0.2) is 45.3 Å². The molecule has 1 N–H and O–H groups in total. The van der Waals surface area contributed by atoms with Crippen LogP contribution in [0, 0.1) is 13.8 Å². The lowest BCUT2D eigenvalue weighted by Crippen LogP contribution is -2.36. The van der Waals surface area contributed by atoms with Gasteiger partial charge in [-0.15, -0.1) is 11.3 Å². The van der Waals surface area contributed by atoms with E-state index >= 15 is 0 Å². The Morgan fingerprint density at radius 1 is 1.19 bits per heavy atom. The van der Waals surface area contributed by atoms with E-state index in [9.17, 15) is 9.59 Å². The van der Waals surface area contributed by atoms with Gasteiger partial charge >= 0.3 is 5.97 Å². The number of esters is 1. The Kier molecular flexibility index (Phi) is 5.58. The molecule has 7 heteroatoms. The van der Waals surface area contributed by atoms with Crippen molar-refractivity contribution in [3.8, 4) is 0 Å². The van der Waals surface area contributed by atoms with E-state index in [1.807, 2.05) is 26.0 Å². The third-order valence-electron chi connectivity index (χ3n) is 4.42. The maximum Gasteiger partial charge on any atom is 0.340 e. The number of aryl methyl sites for hydroxylation is 2. The zero-order chi connectivity index (χ0) is 18.7. The summed E-state index contributed by atoms with van der Waals surface area (Å²) in [6.07, 6.45) is 0.